The van der Waals surface area contributed by atoms with Crippen LogP contribution in [0, 0.1) is 0 Å². The fourth-order valence-corrected chi connectivity index (χ4v) is 3.33. The highest BCUT2D eigenvalue weighted by Gasteiger charge is 2.27. The summed E-state index contributed by atoms with van der Waals surface area (Å²) in [5.41, 5.74) is 1.94. The fourth-order valence-electron chi connectivity index (χ4n) is 3.33. The molecule has 1 fully saturated rings. The van der Waals surface area contributed by atoms with Gasteiger partial charge in [-0.05, 0) is 24.3 Å². The SMILES string of the molecule is c1ccc2c(c1)Oc1ccccc1-n1c-2nnc1N1CCNCC1. The van der Waals surface area contributed by atoms with E-state index in [0.29, 0.717) is 0 Å². The van der Waals surface area contributed by atoms with Crippen LogP contribution in [0.5, 0.6) is 11.5 Å². The largest absolute Gasteiger partial charge is 0.454 e. The van der Waals surface area contributed by atoms with Crippen molar-refractivity contribution in [3.8, 4) is 28.6 Å². The van der Waals surface area contributed by atoms with Crippen LogP contribution in [0.3, 0.4) is 0 Å². The van der Waals surface area contributed by atoms with Gasteiger partial charge in [-0.2, -0.15) is 0 Å². The lowest BCUT2D eigenvalue weighted by atomic mass is 10.2. The van der Waals surface area contributed by atoms with Crippen LogP contribution in [-0.2, 0) is 0 Å². The second-order valence-corrected chi connectivity index (χ2v) is 5.96. The third-order valence-electron chi connectivity index (χ3n) is 4.50. The van der Waals surface area contributed by atoms with E-state index in [0.717, 1.165) is 60.7 Å². The van der Waals surface area contributed by atoms with Crippen LogP contribution in [0.2, 0.25) is 0 Å². The van der Waals surface area contributed by atoms with E-state index >= 15 is 0 Å². The first kappa shape index (κ1) is 13.6. The molecule has 0 bridgehead atoms. The zero-order chi connectivity index (χ0) is 15.9. The van der Waals surface area contributed by atoms with Crippen LogP contribution in [0.15, 0.2) is 48.5 Å². The van der Waals surface area contributed by atoms with Crippen molar-refractivity contribution in [2.24, 2.45) is 0 Å². The zero-order valence-corrected chi connectivity index (χ0v) is 13.1. The minimum Gasteiger partial charge on any atom is -0.454 e. The number of benzene rings is 2. The summed E-state index contributed by atoms with van der Waals surface area (Å²) >= 11 is 0. The molecule has 1 N–H and O–H groups in total. The molecular weight excluding hydrogens is 302 g/mol. The van der Waals surface area contributed by atoms with E-state index in [9.17, 15) is 0 Å². The van der Waals surface area contributed by atoms with Crippen molar-refractivity contribution in [2.45, 2.75) is 0 Å². The maximum absolute atomic E-state index is 6.17. The smallest absolute Gasteiger partial charge is 0.232 e. The molecule has 0 radical (unpaired) electrons. The van der Waals surface area contributed by atoms with Crippen LogP contribution in [-0.4, -0.2) is 40.9 Å². The average Bonchev–Trinajstić information content (AvgIpc) is 3.02. The molecule has 2 aromatic carbocycles. The average molecular weight is 319 g/mol. The van der Waals surface area contributed by atoms with Gasteiger partial charge in [0.15, 0.2) is 11.6 Å². The molecule has 120 valence electrons. The molecule has 0 saturated carbocycles. The maximum Gasteiger partial charge on any atom is 0.232 e. The Labute approximate surface area is 139 Å². The summed E-state index contributed by atoms with van der Waals surface area (Å²) in [5.74, 6) is 3.33. The number of hydrogen-bond donors (Lipinski definition) is 1. The Hall–Kier alpha value is -2.86. The molecule has 3 aromatic rings. The summed E-state index contributed by atoms with van der Waals surface area (Å²) in [7, 11) is 0. The summed E-state index contributed by atoms with van der Waals surface area (Å²) in [6.45, 7) is 3.75. The molecule has 24 heavy (non-hydrogen) atoms. The third-order valence-corrected chi connectivity index (χ3v) is 4.50. The van der Waals surface area contributed by atoms with Gasteiger partial charge in [0.1, 0.15) is 5.75 Å². The van der Waals surface area contributed by atoms with Crippen LogP contribution in [0.25, 0.3) is 17.1 Å². The Balaban J connectivity index is 1.77. The topological polar surface area (TPSA) is 55.2 Å². The van der Waals surface area contributed by atoms with Gasteiger partial charge in [-0.3, -0.25) is 4.57 Å². The van der Waals surface area contributed by atoms with E-state index in [-0.39, 0.29) is 0 Å². The molecule has 0 atom stereocenters. The van der Waals surface area contributed by atoms with Crippen molar-refractivity contribution in [2.75, 3.05) is 31.1 Å². The molecule has 2 aliphatic rings. The molecule has 0 amide bonds. The van der Waals surface area contributed by atoms with E-state index < -0.39 is 0 Å². The van der Waals surface area contributed by atoms with Crippen molar-refractivity contribution in [1.29, 1.82) is 0 Å². The van der Waals surface area contributed by atoms with Crippen LogP contribution in [0.1, 0.15) is 0 Å². The number of fused-ring (bicyclic) bond motifs is 5. The Bertz CT molecular complexity index is 898. The van der Waals surface area contributed by atoms with Gasteiger partial charge in [0.2, 0.25) is 5.95 Å². The molecule has 2 aliphatic heterocycles. The number of piperazine rings is 1. The Kier molecular flexibility index (Phi) is 3.02. The molecule has 3 heterocycles. The molecule has 0 unspecified atom stereocenters. The minimum absolute atomic E-state index is 0.808. The predicted octanol–water partition coefficient (Wildman–Crippen LogP) is 2.45. The number of rotatable bonds is 1. The van der Waals surface area contributed by atoms with E-state index in [2.05, 4.69) is 31.0 Å². The monoisotopic (exact) mass is 319 g/mol. The highest BCUT2D eigenvalue weighted by Crippen LogP contribution is 2.42. The fraction of sp³-hybridized carbons (Fsp3) is 0.222. The van der Waals surface area contributed by atoms with Crippen molar-refractivity contribution in [3.63, 3.8) is 0 Å². The summed E-state index contributed by atoms with van der Waals surface area (Å²) in [6.07, 6.45) is 0. The van der Waals surface area contributed by atoms with Crippen molar-refractivity contribution >= 4 is 5.95 Å². The second kappa shape index (κ2) is 5.35. The maximum atomic E-state index is 6.17. The molecule has 1 aromatic heterocycles. The van der Waals surface area contributed by atoms with Gasteiger partial charge in [-0.25, -0.2) is 0 Å². The number of hydrogen-bond acceptors (Lipinski definition) is 5. The van der Waals surface area contributed by atoms with Gasteiger partial charge in [-0.15, -0.1) is 10.2 Å². The van der Waals surface area contributed by atoms with Crippen molar-refractivity contribution in [1.82, 2.24) is 20.1 Å². The van der Waals surface area contributed by atoms with Crippen molar-refractivity contribution < 1.29 is 4.74 Å². The molecule has 0 aliphatic carbocycles. The molecule has 0 spiro atoms. The van der Waals surface area contributed by atoms with Gasteiger partial charge in [0.25, 0.3) is 0 Å². The zero-order valence-electron chi connectivity index (χ0n) is 13.1. The molecule has 6 heteroatoms. The molecule has 1 saturated heterocycles. The minimum atomic E-state index is 0.808. The Morgan fingerprint density at radius 2 is 1.62 bits per heavy atom. The van der Waals surface area contributed by atoms with Crippen LogP contribution >= 0.6 is 0 Å². The van der Waals surface area contributed by atoms with E-state index in [1.165, 1.54) is 0 Å². The standard InChI is InChI=1S/C18H17N5O/c1-3-7-15-13(5-1)17-20-21-18(22-11-9-19-10-12-22)23(17)14-6-2-4-8-16(14)24-15/h1-8,19H,9-12H2. The lowest BCUT2D eigenvalue weighted by molar-refractivity contribution is 0.485. The Morgan fingerprint density at radius 1 is 0.875 bits per heavy atom. The van der Waals surface area contributed by atoms with Gasteiger partial charge in [0, 0.05) is 26.2 Å². The molecule has 6 nitrogen and oxygen atoms in total. The number of ether oxygens (including phenoxy) is 1. The third kappa shape index (κ3) is 2.00. The summed E-state index contributed by atoms with van der Waals surface area (Å²) in [6, 6.07) is 16.0. The molecule has 5 rings (SSSR count). The van der Waals surface area contributed by atoms with Crippen LogP contribution < -0.4 is 15.0 Å². The van der Waals surface area contributed by atoms with Gasteiger partial charge in [-0.1, -0.05) is 24.3 Å². The number of para-hydroxylation sites is 3. The quantitative estimate of drug-likeness (QED) is 0.584. The van der Waals surface area contributed by atoms with E-state index in [1.54, 1.807) is 0 Å². The number of nitrogens with one attached hydrogen (secondary N) is 1. The number of aromatic nitrogens is 3. The summed E-state index contributed by atoms with van der Waals surface area (Å²) < 4.78 is 8.28. The number of anilines is 1. The normalized spacial score (nSPS) is 15.8. The summed E-state index contributed by atoms with van der Waals surface area (Å²) in [4.78, 5) is 2.28. The lowest BCUT2D eigenvalue weighted by Crippen LogP contribution is -2.44. The predicted molar refractivity (Wildman–Crippen MR) is 92.0 cm³/mol. The summed E-state index contributed by atoms with van der Waals surface area (Å²) in [5, 5.41) is 12.4. The molecular formula is C18H17N5O. The first-order valence-electron chi connectivity index (χ1n) is 8.19. The van der Waals surface area contributed by atoms with Gasteiger partial charge in [0.05, 0.1) is 11.3 Å². The second-order valence-electron chi connectivity index (χ2n) is 5.96. The first-order chi connectivity index (χ1) is 11.9. The lowest BCUT2D eigenvalue weighted by Gasteiger charge is -2.28. The van der Waals surface area contributed by atoms with Crippen LogP contribution in [0.4, 0.5) is 5.95 Å². The Morgan fingerprint density at radius 3 is 2.50 bits per heavy atom. The number of nitrogens with zero attached hydrogens (tertiary/aromatic N) is 4. The van der Waals surface area contributed by atoms with Gasteiger partial charge >= 0.3 is 0 Å². The first-order valence-corrected chi connectivity index (χ1v) is 8.19. The van der Waals surface area contributed by atoms with E-state index in [1.807, 2.05) is 42.5 Å². The highest BCUT2D eigenvalue weighted by atomic mass is 16.5. The van der Waals surface area contributed by atoms with Crippen molar-refractivity contribution in [3.05, 3.63) is 48.5 Å². The highest BCUT2D eigenvalue weighted by molar-refractivity contribution is 5.72. The van der Waals surface area contributed by atoms with Gasteiger partial charge < -0.3 is 15.0 Å². The van der Waals surface area contributed by atoms with E-state index in [4.69, 9.17) is 4.74 Å².